The van der Waals surface area contributed by atoms with Gasteiger partial charge >= 0.3 is 6.03 Å². The van der Waals surface area contributed by atoms with Crippen LogP contribution in [0.25, 0.3) is 10.1 Å². The number of nitrogens with one attached hydrogen (secondary N) is 2. The minimum absolute atomic E-state index is 0.0427. The van der Waals surface area contributed by atoms with Crippen LogP contribution in [-0.4, -0.2) is 36.4 Å². The van der Waals surface area contributed by atoms with Gasteiger partial charge in [0, 0.05) is 23.7 Å². The Balaban J connectivity index is 1.99. The number of carbonyl (C=O) groups excluding carboxylic acids is 1. The molecule has 0 saturated heterocycles. The number of ether oxygens (including phenoxy) is 1. The van der Waals surface area contributed by atoms with Gasteiger partial charge in [-0.1, -0.05) is 36.4 Å². The number of rotatable bonds is 7. The van der Waals surface area contributed by atoms with Gasteiger partial charge in [0.25, 0.3) is 0 Å². The van der Waals surface area contributed by atoms with E-state index in [0.29, 0.717) is 17.2 Å². The highest BCUT2D eigenvalue weighted by Gasteiger charge is 2.28. The summed E-state index contributed by atoms with van der Waals surface area (Å²) in [6.45, 7) is 4.43. The SMILES string of the molecule is CCNC(=O)N(C)[C@@H](C)[C@H](Oc1cccc2sc(C(=N)N)cc12)c1ccccc1. The molecule has 7 heteroatoms. The summed E-state index contributed by atoms with van der Waals surface area (Å²) in [5.74, 6) is 0.748. The Hall–Kier alpha value is -3.06. The predicted molar refractivity (Wildman–Crippen MR) is 119 cm³/mol. The first-order valence-electron chi connectivity index (χ1n) is 9.51. The number of nitrogen functional groups attached to an aromatic ring is 1. The summed E-state index contributed by atoms with van der Waals surface area (Å²) >= 11 is 1.46. The molecule has 0 radical (unpaired) electrons. The fourth-order valence-electron chi connectivity index (χ4n) is 3.16. The van der Waals surface area contributed by atoms with Crippen LogP contribution in [-0.2, 0) is 0 Å². The van der Waals surface area contributed by atoms with Crippen LogP contribution < -0.4 is 15.8 Å². The minimum atomic E-state index is -0.366. The van der Waals surface area contributed by atoms with Crippen LogP contribution in [0.5, 0.6) is 5.75 Å². The van der Waals surface area contributed by atoms with E-state index in [9.17, 15) is 4.79 Å². The highest BCUT2D eigenvalue weighted by molar-refractivity contribution is 7.20. The van der Waals surface area contributed by atoms with Crippen molar-refractivity contribution < 1.29 is 9.53 Å². The van der Waals surface area contributed by atoms with Crippen molar-refractivity contribution in [1.29, 1.82) is 5.41 Å². The van der Waals surface area contributed by atoms with E-state index in [-0.39, 0.29) is 24.0 Å². The molecule has 0 aliphatic rings. The van der Waals surface area contributed by atoms with Crippen LogP contribution in [0, 0.1) is 5.41 Å². The lowest BCUT2D eigenvalue weighted by Crippen LogP contribution is -2.45. The summed E-state index contributed by atoms with van der Waals surface area (Å²) in [6.07, 6.45) is -0.366. The molecule has 4 N–H and O–H groups in total. The van der Waals surface area contributed by atoms with Gasteiger partial charge in [-0.25, -0.2) is 4.79 Å². The molecule has 0 fully saturated rings. The van der Waals surface area contributed by atoms with Gasteiger partial charge in [0.15, 0.2) is 0 Å². The van der Waals surface area contributed by atoms with E-state index < -0.39 is 0 Å². The summed E-state index contributed by atoms with van der Waals surface area (Å²) in [4.78, 5) is 14.8. The number of amidine groups is 1. The third kappa shape index (κ3) is 4.51. The van der Waals surface area contributed by atoms with Crippen LogP contribution in [0.2, 0.25) is 0 Å². The van der Waals surface area contributed by atoms with E-state index in [1.807, 2.05) is 68.4 Å². The molecule has 0 spiro atoms. The topological polar surface area (TPSA) is 91.4 Å². The van der Waals surface area contributed by atoms with E-state index >= 15 is 0 Å². The molecule has 0 aliphatic heterocycles. The first kappa shape index (κ1) is 20.7. The Labute approximate surface area is 174 Å². The molecule has 3 aromatic rings. The number of urea groups is 1. The summed E-state index contributed by atoms with van der Waals surface area (Å²) in [5, 5.41) is 11.5. The molecule has 1 heterocycles. The number of nitrogens with two attached hydrogens (primary N) is 1. The molecule has 0 unspecified atom stereocenters. The fraction of sp³-hybridized carbons (Fsp3) is 0.273. The van der Waals surface area contributed by atoms with Crippen molar-refractivity contribution in [1.82, 2.24) is 10.2 Å². The van der Waals surface area contributed by atoms with Crippen molar-refractivity contribution in [2.75, 3.05) is 13.6 Å². The summed E-state index contributed by atoms with van der Waals surface area (Å²) in [6, 6.07) is 17.2. The quantitative estimate of drug-likeness (QED) is 0.399. The molecule has 6 nitrogen and oxygen atoms in total. The van der Waals surface area contributed by atoms with E-state index in [0.717, 1.165) is 15.6 Å². The number of amides is 2. The second-order valence-corrected chi connectivity index (χ2v) is 7.91. The molecule has 2 atom stereocenters. The molecular formula is C22H26N4O2S. The number of fused-ring (bicyclic) bond motifs is 1. The molecule has 2 aromatic carbocycles. The summed E-state index contributed by atoms with van der Waals surface area (Å²) in [5.41, 5.74) is 6.65. The van der Waals surface area contributed by atoms with Gasteiger partial charge in [-0.05, 0) is 37.6 Å². The number of hydrogen-bond donors (Lipinski definition) is 3. The first-order valence-corrected chi connectivity index (χ1v) is 10.3. The van der Waals surface area contributed by atoms with Crippen molar-refractivity contribution in [2.24, 2.45) is 5.73 Å². The second kappa shape index (κ2) is 8.96. The predicted octanol–water partition coefficient (Wildman–Crippen LogP) is 4.36. The van der Waals surface area contributed by atoms with Crippen LogP contribution >= 0.6 is 11.3 Å². The van der Waals surface area contributed by atoms with E-state index in [4.69, 9.17) is 15.9 Å². The lowest BCUT2D eigenvalue weighted by Gasteiger charge is -2.32. The standard InChI is InChI=1S/C22H26N4O2S/c1-4-25-22(27)26(3)14(2)20(15-9-6-5-7-10-15)28-17-11-8-12-18-16(17)13-19(29-18)21(23)24/h5-14,20H,4H2,1-3H3,(H3,23,24)(H,25,27)/t14-,20-/m0/s1. The number of nitrogens with zero attached hydrogens (tertiary/aromatic N) is 1. The largest absolute Gasteiger partial charge is 0.483 e. The van der Waals surface area contributed by atoms with Crippen LogP contribution in [0.4, 0.5) is 4.79 Å². The van der Waals surface area contributed by atoms with E-state index in [1.165, 1.54) is 11.3 Å². The zero-order valence-electron chi connectivity index (χ0n) is 16.8. The zero-order valence-corrected chi connectivity index (χ0v) is 17.6. The molecule has 29 heavy (non-hydrogen) atoms. The normalized spacial score (nSPS) is 12.9. The van der Waals surface area contributed by atoms with Crippen LogP contribution in [0.3, 0.4) is 0 Å². The van der Waals surface area contributed by atoms with Crippen molar-refractivity contribution in [3.8, 4) is 5.75 Å². The van der Waals surface area contributed by atoms with Crippen LogP contribution in [0.1, 0.15) is 30.4 Å². The molecule has 3 rings (SSSR count). The molecular weight excluding hydrogens is 384 g/mol. The Morgan fingerprint density at radius 1 is 1.24 bits per heavy atom. The smallest absolute Gasteiger partial charge is 0.317 e. The number of hydrogen-bond acceptors (Lipinski definition) is 4. The average Bonchev–Trinajstić information content (AvgIpc) is 3.17. The van der Waals surface area contributed by atoms with Crippen molar-refractivity contribution >= 4 is 33.3 Å². The summed E-state index contributed by atoms with van der Waals surface area (Å²) < 4.78 is 7.50. The van der Waals surface area contributed by atoms with Gasteiger partial charge in [0.2, 0.25) is 0 Å². The Morgan fingerprint density at radius 3 is 2.62 bits per heavy atom. The van der Waals surface area contributed by atoms with Gasteiger partial charge in [0.1, 0.15) is 17.7 Å². The second-order valence-electron chi connectivity index (χ2n) is 6.83. The summed E-state index contributed by atoms with van der Waals surface area (Å²) in [7, 11) is 1.77. The van der Waals surface area contributed by atoms with Gasteiger partial charge in [-0.3, -0.25) is 5.41 Å². The van der Waals surface area contributed by atoms with Crippen molar-refractivity contribution in [3.05, 3.63) is 65.0 Å². The molecule has 152 valence electrons. The molecule has 2 amide bonds. The van der Waals surface area contributed by atoms with Crippen molar-refractivity contribution in [2.45, 2.75) is 26.0 Å². The Kier molecular flexibility index (Phi) is 6.39. The van der Waals surface area contributed by atoms with E-state index in [1.54, 1.807) is 11.9 Å². The molecule has 0 aliphatic carbocycles. The average molecular weight is 411 g/mol. The number of benzene rings is 2. The van der Waals surface area contributed by atoms with Gasteiger partial charge < -0.3 is 20.7 Å². The Morgan fingerprint density at radius 2 is 1.97 bits per heavy atom. The van der Waals surface area contributed by atoms with E-state index in [2.05, 4.69) is 5.32 Å². The van der Waals surface area contributed by atoms with Gasteiger partial charge in [0.05, 0.1) is 10.9 Å². The minimum Gasteiger partial charge on any atom is -0.483 e. The maximum Gasteiger partial charge on any atom is 0.317 e. The number of thiophene rings is 1. The number of likely N-dealkylation sites (N-methyl/N-ethyl adjacent to an activating group) is 1. The lowest BCUT2D eigenvalue weighted by atomic mass is 10.0. The highest BCUT2D eigenvalue weighted by Crippen LogP contribution is 2.36. The molecule has 1 aromatic heterocycles. The highest BCUT2D eigenvalue weighted by atomic mass is 32.1. The van der Waals surface area contributed by atoms with Crippen LogP contribution in [0.15, 0.2) is 54.6 Å². The van der Waals surface area contributed by atoms with Crippen molar-refractivity contribution in [3.63, 3.8) is 0 Å². The third-order valence-corrected chi connectivity index (χ3v) is 6.00. The Bertz CT molecular complexity index is 1000. The first-order chi connectivity index (χ1) is 13.9. The fourth-order valence-corrected chi connectivity index (χ4v) is 4.10. The number of carbonyl (C=O) groups is 1. The lowest BCUT2D eigenvalue weighted by molar-refractivity contribution is 0.106. The monoisotopic (exact) mass is 410 g/mol. The van der Waals surface area contributed by atoms with Gasteiger partial charge in [-0.15, -0.1) is 11.3 Å². The van der Waals surface area contributed by atoms with Gasteiger partial charge in [-0.2, -0.15) is 0 Å². The zero-order chi connectivity index (χ0) is 21.0. The molecule has 0 saturated carbocycles. The molecule has 0 bridgehead atoms. The maximum atomic E-state index is 12.4. The maximum absolute atomic E-state index is 12.4. The third-order valence-electron chi connectivity index (χ3n) is 4.87.